The summed E-state index contributed by atoms with van der Waals surface area (Å²) in [6, 6.07) is 0. The van der Waals surface area contributed by atoms with Crippen LogP contribution in [0.25, 0.3) is 0 Å². The van der Waals surface area contributed by atoms with Crippen molar-refractivity contribution in [1.82, 2.24) is 4.90 Å². The number of rotatable bonds is 5. The summed E-state index contributed by atoms with van der Waals surface area (Å²) in [5.74, 6) is 0.0877. The van der Waals surface area contributed by atoms with E-state index in [1.807, 2.05) is 0 Å². The molecule has 0 bridgehead atoms. The van der Waals surface area contributed by atoms with E-state index in [1.54, 1.807) is 4.90 Å². The molecule has 1 rings (SSSR count). The molecule has 0 spiro atoms. The molecule has 1 saturated heterocycles. The lowest BCUT2D eigenvalue weighted by molar-refractivity contribution is -0.137. The minimum absolute atomic E-state index is 0.0235. The predicted molar refractivity (Wildman–Crippen MR) is 62.9 cm³/mol. The maximum absolute atomic E-state index is 11.6. The number of thioether (sulfide) groups is 1. The number of carbonyl (C=O) groups is 2. The van der Waals surface area contributed by atoms with Crippen molar-refractivity contribution in [2.24, 2.45) is 0 Å². The molecule has 0 atom stereocenters. The zero-order valence-electron chi connectivity index (χ0n) is 8.27. The molecule has 0 aromatic rings. The fraction of sp³-hybridized carbons (Fsp3) is 0.667. The van der Waals surface area contributed by atoms with Gasteiger partial charge in [0.2, 0.25) is 5.91 Å². The second kappa shape index (κ2) is 6.07. The number of unbranched alkanes of at least 4 members (excludes halogenated alkanes) is 1. The number of nitrogens with zero attached hydrogens (tertiary/aromatic N) is 1. The fourth-order valence-electron chi connectivity index (χ4n) is 1.31. The summed E-state index contributed by atoms with van der Waals surface area (Å²) in [6.45, 7) is 0.696. The van der Waals surface area contributed by atoms with Gasteiger partial charge in [-0.3, -0.25) is 14.5 Å². The first-order valence-corrected chi connectivity index (χ1v) is 6.19. The topological polar surface area (TPSA) is 57.6 Å². The summed E-state index contributed by atoms with van der Waals surface area (Å²) in [7, 11) is 0. The molecule has 1 aliphatic heterocycles. The molecule has 1 aliphatic rings. The van der Waals surface area contributed by atoms with Crippen LogP contribution in [0.1, 0.15) is 25.7 Å². The van der Waals surface area contributed by atoms with E-state index in [0.717, 1.165) is 5.75 Å². The Labute approximate surface area is 98.0 Å². The van der Waals surface area contributed by atoms with Crippen LogP contribution >= 0.6 is 24.0 Å². The lowest BCUT2D eigenvalue weighted by Crippen LogP contribution is -2.30. The highest BCUT2D eigenvalue weighted by molar-refractivity contribution is 8.23. The first-order chi connectivity index (χ1) is 7.11. The van der Waals surface area contributed by atoms with Crippen LogP contribution < -0.4 is 0 Å². The van der Waals surface area contributed by atoms with Gasteiger partial charge in [-0.25, -0.2) is 0 Å². The highest BCUT2D eigenvalue weighted by Crippen LogP contribution is 2.19. The molecule has 0 aromatic carbocycles. The van der Waals surface area contributed by atoms with E-state index in [4.69, 9.17) is 17.3 Å². The van der Waals surface area contributed by atoms with E-state index in [1.165, 1.54) is 11.8 Å². The van der Waals surface area contributed by atoms with Crippen LogP contribution in [0.4, 0.5) is 0 Å². The summed E-state index contributed by atoms with van der Waals surface area (Å²) >= 11 is 6.53. The number of amides is 1. The number of aliphatic carboxylic acids is 1. The zero-order chi connectivity index (χ0) is 11.3. The van der Waals surface area contributed by atoms with Gasteiger partial charge in [0.05, 0.1) is 0 Å². The van der Waals surface area contributed by atoms with Crippen molar-refractivity contribution in [3.8, 4) is 0 Å². The molecule has 1 fully saturated rings. The molecule has 0 saturated carbocycles. The quantitative estimate of drug-likeness (QED) is 0.589. The highest BCUT2D eigenvalue weighted by Gasteiger charge is 2.23. The molecule has 0 unspecified atom stereocenters. The lowest BCUT2D eigenvalue weighted by Gasteiger charge is -2.13. The monoisotopic (exact) mass is 247 g/mol. The summed E-state index contributed by atoms with van der Waals surface area (Å²) in [4.78, 5) is 23.4. The van der Waals surface area contributed by atoms with Crippen molar-refractivity contribution < 1.29 is 14.7 Å². The Hall–Kier alpha value is -0.620. The molecular weight excluding hydrogens is 234 g/mol. The van der Waals surface area contributed by atoms with Gasteiger partial charge < -0.3 is 5.11 Å². The third kappa shape index (κ3) is 4.17. The summed E-state index contributed by atoms with van der Waals surface area (Å²) in [5, 5.41) is 8.41. The molecule has 6 heteroatoms. The van der Waals surface area contributed by atoms with Gasteiger partial charge in [-0.1, -0.05) is 24.0 Å². The third-order valence-corrected chi connectivity index (χ3v) is 3.52. The Bertz CT molecular complexity index is 281. The Morgan fingerprint density at radius 2 is 2.07 bits per heavy atom. The molecule has 84 valence electrons. The Morgan fingerprint density at radius 3 is 2.60 bits per heavy atom. The van der Waals surface area contributed by atoms with Crippen LogP contribution in [0.2, 0.25) is 0 Å². The zero-order valence-corrected chi connectivity index (χ0v) is 9.90. The molecular formula is C9H13NO3S2. The predicted octanol–water partition coefficient (Wildman–Crippen LogP) is 1.49. The van der Waals surface area contributed by atoms with E-state index in [2.05, 4.69) is 0 Å². The summed E-state index contributed by atoms with van der Waals surface area (Å²) in [5.41, 5.74) is 0. The standard InChI is InChI=1S/C9H13NO3S2/c11-7(3-1-2-4-8(12)13)10-5-6-15-9(10)14/h1-6H2,(H,12,13). The largest absolute Gasteiger partial charge is 0.481 e. The lowest BCUT2D eigenvalue weighted by atomic mass is 10.2. The minimum atomic E-state index is -0.810. The molecule has 0 aromatic heterocycles. The minimum Gasteiger partial charge on any atom is -0.481 e. The smallest absolute Gasteiger partial charge is 0.303 e. The molecule has 0 radical (unpaired) electrons. The molecule has 1 heterocycles. The van der Waals surface area contributed by atoms with Gasteiger partial charge in [-0.15, -0.1) is 0 Å². The summed E-state index contributed by atoms with van der Waals surface area (Å²) < 4.78 is 0.651. The number of carbonyl (C=O) groups excluding carboxylic acids is 1. The second-order valence-electron chi connectivity index (χ2n) is 3.26. The maximum atomic E-state index is 11.6. The normalized spacial score (nSPS) is 15.7. The van der Waals surface area contributed by atoms with E-state index >= 15 is 0 Å². The van der Waals surface area contributed by atoms with Crippen molar-refractivity contribution in [2.45, 2.75) is 25.7 Å². The third-order valence-electron chi connectivity index (χ3n) is 2.09. The number of hydrogen-bond acceptors (Lipinski definition) is 4. The Morgan fingerprint density at radius 1 is 1.40 bits per heavy atom. The Balaban J connectivity index is 2.18. The number of thiocarbonyl (C=S) groups is 1. The Kier molecular flexibility index (Phi) is 5.04. The van der Waals surface area contributed by atoms with Gasteiger partial charge in [0.15, 0.2) is 0 Å². The van der Waals surface area contributed by atoms with Crippen molar-refractivity contribution in [3.05, 3.63) is 0 Å². The van der Waals surface area contributed by atoms with Crippen molar-refractivity contribution in [1.29, 1.82) is 0 Å². The van der Waals surface area contributed by atoms with E-state index in [0.29, 0.717) is 30.1 Å². The van der Waals surface area contributed by atoms with Gasteiger partial charge in [-0.05, 0) is 12.8 Å². The highest BCUT2D eigenvalue weighted by atomic mass is 32.2. The number of carboxylic acids is 1. The van der Waals surface area contributed by atoms with Crippen LogP contribution in [0, 0.1) is 0 Å². The van der Waals surface area contributed by atoms with Crippen molar-refractivity contribution in [2.75, 3.05) is 12.3 Å². The van der Waals surface area contributed by atoms with Crippen LogP contribution in [-0.2, 0) is 9.59 Å². The SMILES string of the molecule is O=C(O)CCCCC(=O)N1CCSC1=S. The maximum Gasteiger partial charge on any atom is 0.303 e. The van der Waals surface area contributed by atoms with Gasteiger partial charge in [0.25, 0.3) is 0 Å². The van der Waals surface area contributed by atoms with E-state index in [9.17, 15) is 9.59 Å². The molecule has 1 N–H and O–H groups in total. The van der Waals surface area contributed by atoms with Crippen LogP contribution in [0.15, 0.2) is 0 Å². The average Bonchev–Trinajstić information content (AvgIpc) is 2.58. The van der Waals surface area contributed by atoms with Gasteiger partial charge >= 0.3 is 5.97 Å². The van der Waals surface area contributed by atoms with Crippen LogP contribution in [0.3, 0.4) is 0 Å². The number of hydrogen-bond donors (Lipinski definition) is 1. The van der Waals surface area contributed by atoms with Crippen LogP contribution in [-0.4, -0.2) is 38.5 Å². The van der Waals surface area contributed by atoms with Gasteiger partial charge in [0, 0.05) is 25.1 Å². The first kappa shape index (κ1) is 12.4. The van der Waals surface area contributed by atoms with E-state index in [-0.39, 0.29) is 12.3 Å². The van der Waals surface area contributed by atoms with Crippen molar-refractivity contribution >= 4 is 40.2 Å². The van der Waals surface area contributed by atoms with Gasteiger partial charge in [0.1, 0.15) is 4.32 Å². The average molecular weight is 247 g/mol. The first-order valence-electron chi connectivity index (χ1n) is 4.80. The molecule has 1 amide bonds. The summed E-state index contributed by atoms with van der Waals surface area (Å²) in [6.07, 6.45) is 1.70. The number of carboxylic acid groups (broad SMARTS) is 1. The molecule has 15 heavy (non-hydrogen) atoms. The molecule has 0 aliphatic carbocycles. The van der Waals surface area contributed by atoms with Crippen molar-refractivity contribution in [3.63, 3.8) is 0 Å². The van der Waals surface area contributed by atoms with Gasteiger partial charge in [-0.2, -0.15) is 0 Å². The molecule has 4 nitrogen and oxygen atoms in total. The van der Waals surface area contributed by atoms with E-state index < -0.39 is 5.97 Å². The van der Waals surface area contributed by atoms with Crippen LogP contribution in [0.5, 0.6) is 0 Å². The fourth-order valence-corrected chi connectivity index (χ4v) is 2.55. The second-order valence-corrected chi connectivity index (χ2v) is 4.99.